The topological polar surface area (TPSA) is 53.2 Å². The van der Waals surface area contributed by atoms with Crippen LogP contribution in [0.15, 0.2) is 78.9 Å². The number of nitrogens with one attached hydrogen (secondary N) is 3. The second-order valence-corrected chi connectivity index (χ2v) is 6.68. The molecule has 0 saturated heterocycles. The number of benzene rings is 3. The van der Waals surface area contributed by atoms with Crippen molar-refractivity contribution in [3.05, 3.63) is 95.8 Å². The van der Waals surface area contributed by atoms with Crippen LogP contribution in [0, 0.1) is 5.82 Å². The van der Waals surface area contributed by atoms with Crippen LogP contribution < -0.4 is 16.0 Å². The van der Waals surface area contributed by atoms with Gasteiger partial charge in [-0.05, 0) is 73.2 Å². The molecule has 1 unspecified atom stereocenters. The Balaban J connectivity index is 1.54. The quantitative estimate of drug-likeness (QED) is 0.526. The molecule has 28 heavy (non-hydrogen) atoms. The molecule has 0 aromatic heterocycles. The van der Waals surface area contributed by atoms with Crippen molar-refractivity contribution < 1.29 is 9.18 Å². The molecule has 4 nitrogen and oxygen atoms in total. The molecule has 3 rings (SSSR count). The predicted octanol–water partition coefficient (Wildman–Crippen LogP) is 5.13. The first kappa shape index (κ1) is 19.5. The summed E-state index contributed by atoms with van der Waals surface area (Å²) in [6.45, 7) is 1.95. The zero-order valence-corrected chi connectivity index (χ0v) is 16.1. The summed E-state index contributed by atoms with van der Waals surface area (Å²) in [7, 11) is 0. The van der Waals surface area contributed by atoms with E-state index in [0.29, 0.717) is 16.4 Å². The molecule has 0 bridgehead atoms. The van der Waals surface area contributed by atoms with Crippen molar-refractivity contribution in [1.29, 1.82) is 0 Å². The molecule has 1 atom stereocenters. The van der Waals surface area contributed by atoms with Crippen LogP contribution in [0.5, 0.6) is 0 Å². The third kappa shape index (κ3) is 5.37. The summed E-state index contributed by atoms with van der Waals surface area (Å²) in [5.41, 5.74) is 3.02. The third-order valence-electron chi connectivity index (χ3n) is 4.15. The molecule has 0 aliphatic heterocycles. The monoisotopic (exact) mass is 393 g/mol. The van der Waals surface area contributed by atoms with Gasteiger partial charge in [0.2, 0.25) is 0 Å². The molecule has 1 amide bonds. The van der Waals surface area contributed by atoms with E-state index in [-0.39, 0.29) is 17.8 Å². The van der Waals surface area contributed by atoms with Gasteiger partial charge in [-0.15, -0.1) is 0 Å². The maximum atomic E-state index is 13.0. The van der Waals surface area contributed by atoms with Gasteiger partial charge in [0.1, 0.15) is 5.82 Å². The summed E-state index contributed by atoms with van der Waals surface area (Å²) >= 11 is 5.34. The van der Waals surface area contributed by atoms with Gasteiger partial charge in [-0.25, -0.2) is 4.39 Å². The molecule has 3 aromatic rings. The van der Waals surface area contributed by atoms with Crippen LogP contribution in [0.2, 0.25) is 0 Å². The van der Waals surface area contributed by atoms with Gasteiger partial charge in [0.05, 0.1) is 6.04 Å². The lowest BCUT2D eigenvalue weighted by molar-refractivity contribution is 0.102. The Morgan fingerprint density at radius 1 is 0.857 bits per heavy atom. The summed E-state index contributed by atoms with van der Waals surface area (Å²) < 4.78 is 13.0. The van der Waals surface area contributed by atoms with E-state index in [9.17, 15) is 9.18 Å². The second kappa shape index (κ2) is 9.10. The number of thiocarbonyl (C=S) groups is 1. The number of hydrogen-bond donors (Lipinski definition) is 3. The van der Waals surface area contributed by atoms with Gasteiger partial charge in [0, 0.05) is 16.9 Å². The maximum Gasteiger partial charge on any atom is 0.255 e. The third-order valence-corrected chi connectivity index (χ3v) is 4.37. The minimum absolute atomic E-state index is 0.0648. The molecule has 6 heteroatoms. The van der Waals surface area contributed by atoms with Crippen molar-refractivity contribution in [3.63, 3.8) is 0 Å². The van der Waals surface area contributed by atoms with Crippen LogP contribution in [0.3, 0.4) is 0 Å². The van der Waals surface area contributed by atoms with Crippen molar-refractivity contribution in [2.75, 3.05) is 10.6 Å². The number of carbonyl (C=O) groups is 1. The highest BCUT2D eigenvalue weighted by atomic mass is 32.1. The van der Waals surface area contributed by atoms with E-state index in [1.165, 1.54) is 12.1 Å². The zero-order valence-electron chi connectivity index (χ0n) is 15.3. The van der Waals surface area contributed by atoms with Crippen molar-refractivity contribution in [3.8, 4) is 0 Å². The molecular weight excluding hydrogens is 373 g/mol. The first-order valence-corrected chi connectivity index (χ1v) is 9.21. The zero-order chi connectivity index (χ0) is 19.9. The largest absolute Gasteiger partial charge is 0.356 e. The van der Waals surface area contributed by atoms with Gasteiger partial charge in [-0.3, -0.25) is 4.79 Å². The van der Waals surface area contributed by atoms with Crippen molar-refractivity contribution in [1.82, 2.24) is 5.32 Å². The molecule has 0 spiro atoms. The van der Waals surface area contributed by atoms with Crippen LogP contribution in [-0.2, 0) is 0 Å². The molecule has 0 heterocycles. The van der Waals surface area contributed by atoms with Gasteiger partial charge < -0.3 is 16.0 Å². The van der Waals surface area contributed by atoms with Gasteiger partial charge in [0.25, 0.3) is 5.91 Å². The fourth-order valence-electron chi connectivity index (χ4n) is 2.63. The number of rotatable bonds is 5. The second-order valence-electron chi connectivity index (χ2n) is 6.27. The number of halogens is 1. The normalized spacial score (nSPS) is 11.4. The van der Waals surface area contributed by atoms with E-state index < -0.39 is 0 Å². The van der Waals surface area contributed by atoms with E-state index in [4.69, 9.17) is 12.2 Å². The van der Waals surface area contributed by atoms with Crippen LogP contribution in [0.1, 0.15) is 28.9 Å². The van der Waals surface area contributed by atoms with Gasteiger partial charge in [0.15, 0.2) is 5.11 Å². The Hall–Kier alpha value is -3.25. The SMILES string of the molecule is CC(NC(=S)Nc1ccc(NC(=O)c2ccccc2)cc1)c1ccc(F)cc1. The Kier molecular flexibility index (Phi) is 6.34. The van der Waals surface area contributed by atoms with E-state index in [1.807, 2.05) is 37.3 Å². The molecule has 0 radical (unpaired) electrons. The van der Waals surface area contributed by atoms with Crippen LogP contribution >= 0.6 is 12.2 Å². The van der Waals surface area contributed by atoms with Gasteiger partial charge >= 0.3 is 0 Å². The summed E-state index contributed by atoms with van der Waals surface area (Å²) in [6, 6.07) is 22.5. The highest BCUT2D eigenvalue weighted by Crippen LogP contribution is 2.16. The highest BCUT2D eigenvalue weighted by Gasteiger charge is 2.08. The van der Waals surface area contributed by atoms with E-state index in [1.54, 1.807) is 36.4 Å². The smallest absolute Gasteiger partial charge is 0.255 e. The van der Waals surface area contributed by atoms with E-state index in [0.717, 1.165) is 11.3 Å². The van der Waals surface area contributed by atoms with Crippen molar-refractivity contribution in [2.45, 2.75) is 13.0 Å². The van der Waals surface area contributed by atoms with Gasteiger partial charge in [-0.1, -0.05) is 30.3 Å². The fourth-order valence-corrected chi connectivity index (χ4v) is 2.92. The molecule has 3 N–H and O–H groups in total. The molecule has 0 saturated carbocycles. The number of anilines is 2. The van der Waals surface area contributed by atoms with E-state index >= 15 is 0 Å². The Labute approximate surface area is 168 Å². The first-order chi connectivity index (χ1) is 13.5. The predicted molar refractivity (Wildman–Crippen MR) is 115 cm³/mol. The van der Waals surface area contributed by atoms with Crippen molar-refractivity contribution in [2.24, 2.45) is 0 Å². The minimum Gasteiger partial charge on any atom is -0.356 e. The average molecular weight is 393 g/mol. The highest BCUT2D eigenvalue weighted by molar-refractivity contribution is 7.80. The molecule has 142 valence electrons. The average Bonchev–Trinajstić information content (AvgIpc) is 2.70. The van der Waals surface area contributed by atoms with E-state index in [2.05, 4.69) is 16.0 Å². The lowest BCUT2D eigenvalue weighted by Crippen LogP contribution is -2.30. The Bertz CT molecular complexity index is 944. The molecule has 0 aliphatic rings. The summed E-state index contributed by atoms with van der Waals surface area (Å²) in [5.74, 6) is -0.428. The number of amides is 1. The summed E-state index contributed by atoms with van der Waals surface area (Å²) in [5, 5.41) is 9.57. The first-order valence-electron chi connectivity index (χ1n) is 8.81. The number of carbonyl (C=O) groups excluding carboxylic acids is 1. The summed E-state index contributed by atoms with van der Waals surface area (Å²) in [4.78, 5) is 12.2. The fraction of sp³-hybridized carbons (Fsp3) is 0.0909. The Morgan fingerprint density at radius 2 is 1.43 bits per heavy atom. The molecule has 0 aliphatic carbocycles. The van der Waals surface area contributed by atoms with Crippen LogP contribution in [0.25, 0.3) is 0 Å². The minimum atomic E-state index is -0.268. The van der Waals surface area contributed by atoms with Crippen LogP contribution in [-0.4, -0.2) is 11.0 Å². The Morgan fingerprint density at radius 3 is 2.04 bits per heavy atom. The maximum absolute atomic E-state index is 13.0. The standard InChI is InChI=1S/C22H20FN3OS/c1-15(16-7-9-18(23)10-8-16)24-22(28)26-20-13-11-19(12-14-20)25-21(27)17-5-3-2-4-6-17/h2-15H,1H3,(H,25,27)(H2,24,26,28). The summed E-state index contributed by atoms with van der Waals surface area (Å²) in [6.07, 6.45) is 0. The lowest BCUT2D eigenvalue weighted by atomic mass is 10.1. The molecular formula is C22H20FN3OS. The molecule has 0 fully saturated rings. The number of hydrogen-bond acceptors (Lipinski definition) is 2. The van der Waals surface area contributed by atoms with Crippen molar-refractivity contribution >= 4 is 34.6 Å². The van der Waals surface area contributed by atoms with Gasteiger partial charge in [-0.2, -0.15) is 0 Å². The molecule has 3 aromatic carbocycles. The van der Waals surface area contributed by atoms with Crippen LogP contribution in [0.4, 0.5) is 15.8 Å². The lowest BCUT2D eigenvalue weighted by Gasteiger charge is -2.17.